The lowest BCUT2D eigenvalue weighted by Gasteiger charge is -2.08. The maximum Gasteiger partial charge on any atom is 0.338 e. The van der Waals surface area contributed by atoms with E-state index < -0.39 is 29.2 Å². The van der Waals surface area contributed by atoms with Gasteiger partial charge >= 0.3 is 5.97 Å². The lowest BCUT2D eigenvalue weighted by molar-refractivity contribution is -0.384. The maximum absolute atomic E-state index is 12.8. The van der Waals surface area contributed by atoms with E-state index in [1.807, 2.05) is 0 Å². The predicted octanol–water partition coefficient (Wildman–Crippen LogP) is 2.12. The minimum atomic E-state index is -0.718. The highest BCUT2D eigenvalue weighted by molar-refractivity contribution is 5.91. The van der Waals surface area contributed by atoms with E-state index in [2.05, 4.69) is 10.6 Å². The molecule has 0 aromatic heterocycles. The number of nitrogens with one attached hydrogen (secondary N) is 2. The first-order valence-electron chi connectivity index (χ1n) is 7.63. The summed E-state index contributed by atoms with van der Waals surface area (Å²) in [7, 11) is 0. The van der Waals surface area contributed by atoms with Crippen LogP contribution in [0.15, 0.2) is 48.5 Å². The molecule has 0 heterocycles. The van der Waals surface area contributed by atoms with E-state index in [0.717, 1.165) is 12.1 Å². The average molecular weight is 361 g/mol. The van der Waals surface area contributed by atoms with Gasteiger partial charge in [0.15, 0.2) is 6.61 Å². The number of carbonyl (C=O) groups is 2. The summed E-state index contributed by atoms with van der Waals surface area (Å²) >= 11 is 0. The Morgan fingerprint density at radius 2 is 1.69 bits per heavy atom. The zero-order chi connectivity index (χ0) is 18.9. The number of esters is 1. The monoisotopic (exact) mass is 361 g/mol. The van der Waals surface area contributed by atoms with Gasteiger partial charge in [0.25, 0.3) is 11.6 Å². The summed E-state index contributed by atoms with van der Waals surface area (Å²) in [6, 6.07) is 10.6. The molecule has 2 N–H and O–H groups in total. The molecule has 0 saturated heterocycles. The molecule has 0 atom stereocenters. The fourth-order valence-corrected chi connectivity index (χ4v) is 1.96. The number of nitrogens with zero attached hydrogens (tertiary/aromatic N) is 1. The number of rotatable bonds is 8. The Hall–Kier alpha value is -3.49. The van der Waals surface area contributed by atoms with Gasteiger partial charge in [-0.25, -0.2) is 9.18 Å². The highest BCUT2D eigenvalue weighted by Gasteiger charge is 2.10. The number of non-ortho nitro benzene ring substituents is 1. The second kappa shape index (κ2) is 9.11. The Morgan fingerprint density at radius 3 is 2.31 bits per heavy atom. The molecule has 0 fully saturated rings. The van der Waals surface area contributed by atoms with Crippen LogP contribution in [0, 0.1) is 15.9 Å². The quantitative estimate of drug-likeness (QED) is 0.322. The van der Waals surface area contributed by atoms with Crippen molar-refractivity contribution in [3.63, 3.8) is 0 Å². The Balaban J connectivity index is 1.65. The van der Waals surface area contributed by atoms with Crippen LogP contribution in [0.25, 0.3) is 0 Å². The van der Waals surface area contributed by atoms with Gasteiger partial charge in [-0.15, -0.1) is 0 Å². The zero-order valence-corrected chi connectivity index (χ0v) is 13.6. The number of benzene rings is 2. The molecule has 2 rings (SSSR count). The Labute approximate surface area is 148 Å². The summed E-state index contributed by atoms with van der Waals surface area (Å²) < 4.78 is 17.6. The number of hydrogen-bond acceptors (Lipinski definition) is 6. The number of nitro groups is 1. The van der Waals surface area contributed by atoms with Crippen LogP contribution in [0.5, 0.6) is 0 Å². The minimum absolute atomic E-state index is 0.00757. The molecule has 0 radical (unpaired) electrons. The predicted molar refractivity (Wildman–Crippen MR) is 91.3 cm³/mol. The highest BCUT2D eigenvalue weighted by atomic mass is 19.1. The number of carbonyl (C=O) groups excluding carboxylic acids is 2. The molecule has 0 aliphatic carbocycles. The van der Waals surface area contributed by atoms with E-state index in [9.17, 15) is 24.1 Å². The third-order valence-corrected chi connectivity index (χ3v) is 3.27. The van der Waals surface area contributed by atoms with E-state index in [1.165, 1.54) is 24.3 Å². The van der Waals surface area contributed by atoms with Crippen molar-refractivity contribution < 1.29 is 23.6 Å². The highest BCUT2D eigenvalue weighted by Crippen LogP contribution is 2.14. The van der Waals surface area contributed by atoms with Crippen molar-refractivity contribution >= 4 is 23.3 Å². The van der Waals surface area contributed by atoms with Gasteiger partial charge in [-0.2, -0.15) is 0 Å². The van der Waals surface area contributed by atoms with Crippen molar-refractivity contribution in [2.75, 3.05) is 25.0 Å². The average Bonchev–Trinajstić information content (AvgIpc) is 2.64. The number of ether oxygens (including phenoxy) is 1. The number of hydrogen-bond donors (Lipinski definition) is 2. The third-order valence-electron chi connectivity index (χ3n) is 3.27. The van der Waals surface area contributed by atoms with E-state index in [0.29, 0.717) is 12.2 Å². The smallest absolute Gasteiger partial charge is 0.338 e. The minimum Gasteiger partial charge on any atom is -0.452 e. The first-order chi connectivity index (χ1) is 12.5. The van der Waals surface area contributed by atoms with Crippen molar-refractivity contribution in [2.24, 2.45) is 0 Å². The Morgan fingerprint density at radius 1 is 1.04 bits per heavy atom. The Bertz CT molecular complexity index is 778. The van der Waals surface area contributed by atoms with Crippen LogP contribution in [0.2, 0.25) is 0 Å². The van der Waals surface area contributed by atoms with Gasteiger partial charge in [-0.05, 0) is 36.4 Å². The fourth-order valence-electron chi connectivity index (χ4n) is 1.96. The van der Waals surface area contributed by atoms with Gasteiger partial charge in [0, 0.05) is 30.9 Å². The lowest BCUT2D eigenvalue weighted by Crippen LogP contribution is -2.32. The van der Waals surface area contributed by atoms with Gasteiger partial charge in [0.1, 0.15) is 5.82 Å². The molecule has 9 heteroatoms. The van der Waals surface area contributed by atoms with Crippen LogP contribution >= 0.6 is 0 Å². The summed E-state index contributed by atoms with van der Waals surface area (Å²) in [5, 5.41) is 16.1. The summed E-state index contributed by atoms with van der Waals surface area (Å²) in [4.78, 5) is 33.3. The Kier molecular flexibility index (Phi) is 6.60. The first-order valence-corrected chi connectivity index (χ1v) is 7.63. The van der Waals surface area contributed by atoms with Gasteiger partial charge < -0.3 is 15.4 Å². The van der Waals surface area contributed by atoms with Crippen LogP contribution in [-0.4, -0.2) is 36.5 Å². The second-order valence-electron chi connectivity index (χ2n) is 5.16. The molecule has 0 saturated carbocycles. The molecule has 8 nitrogen and oxygen atoms in total. The third kappa shape index (κ3) is 5.86. The van der Waals surface area contributed by atoms with Crippen molar-refractivity contribution in [3.8, 4) is 0 Å². The molecule has 0 aliphatic rings. The second-order valence-corrected chi connectivity index (χ2v) is 5.16. The molecular weight excluding hydrogens is 345 g/mol. The molecule has 0 unspecified atom stereocenters. The lowest BCUT2D eigenvalue weighted by atomic mass is 10.2. The van der Waals surface area contributed by atoms with Gasteiger partial charge in [0.05, 0.1) is 10.5 Å². The largest absolute Gasteiger partial charge is 0.452 e. The number of halogens is 1. The summed E-state index contributed by atoms with van der Waals surface area (Å²) in [5.74, 6) is -1.67. The molecule has 136 valence electrons. The van der Waals surface area contributed by atoms with Crippen molar-refractivity contribution in [2.45, 2.75) is 0 Å². The number of amides is 1. The van der Waals surface area contributed by atoms with Gasteiger partial charge in [0.2, 0.25) is 0 Å². The molecule has 1 amide bonds. The molecule has 26 heavy (non-hydrogen) atoms. The van der Waals surface area contributed by atoms with Crippen LogP contribution in [0.3, 0.4) is 0 Å². The molecule has 0 spiro atoms. The molecule has 0 aliphatic heterocycles. The van der Waals surface area contributed by atoms with E-state index >= 15 is 0 Å². The SMILES string of the molecule is O=C(COC(=O)c1ccc(F)cc1)NCCNc1ccc([N+](=O)[O-])cc1. The standard InChI is InChI=1S/C17H16FN3O5/c18-13-3-1-12(2-4-13)17(23)26-11-16(22)20-10-9-19-14-5-7-15(8-6-14)21(24)25/h1-8,19H,9-11H2,(H,20,22). The summed E-state index contributed by atoms with van der Waals surface area (Å²) in [5.41, 5.74) is 0.818. The van der Waals surface area contributed by atoms with Gasteiger partial charge in [-0.1, -0.05) is 0 Å². The normalized spacial score (nSPS) is 10.0. The van der Waals surface area contributed by atoms with Crippen molar-refractivity contribution in [1.29, 1.82) is 0 Å². The molecule has 2 aromatic carbocycles. The zero-order valence-electron chi connectivity index (χ0n) is 13.6. The van der Waals surface area contributed by atoms with Crippen LogP contribution in [0.1, 0.15) is 10.4 Å². The van der Waals surface area contributed by atoms with Crippen LogP contribution in [-0.2, 0) is 9.53 Å². The van der Waals surface area contributed by atoms with E-state index in [1.54, 1.807) is 12.1 Å². The van der Waals surface area contributed by atoms with E-state index in [4.69, 9.17) is 4.74 Å². The molecule has 0 bridgehead atoms. The fraction of sp³-hybridized carbons (Fsp3) is 0.176. The van der Waals surface area contributed by atoms with Crippen LogP contribution in [0.4, 0.5) is 15.8 Å². The number of nitro benzene ring substituents is 1. The molecular formula is C17H16FN3O5. The first kappa shape index (κ1) is 18.8. The summed E-state index contributed by atoms with van der Waals surface area (Å²) in [6.07, 6.45) is 0. The number of anilines is 1. The maximum atomic E-state index is 12.8. The van der Waals surface area contributed by atoms with Gasteiger partial charge in [-0.3, -0.25) is 14.9 Å². The van der Waals surface area contributed by atoms with Crippen molar-refractivity contribution in [3.05, 3.63) is 70.0 Å². The molecule has 2 aromatic rings. The topological polar surface area (TPSA) is 111 Å². The van der Waals surface area contributed by atoms with E-state index in [-0.39, 0.29) is 17.8 Å². The van der Waals surface area contributed by atoms with Crippen LogP contribution < -0.4 is 10.6 Å². The van der Waals surface area contributed by atoms with Crippen molar-refractivity contribution in [1.82, 2.24) is 5.32 Å². The summed E-state index contributed by atoms with van der Waals surface area (Å²) in [6.45, 7) is 0.202.